The normalized spacial score (nSPS) is 11.7. The van der Waals surface area contributed by atoms with Crippen LogP contribution in [0.25, 0.3) is 33.0 Å². The molecule has 7 aromatic carbocycles. The zero-order valence-electron chi connectivity index (χ0n) is 24.2. The lowest BCUT2D eigenvalue weighted by Crippen LogP contribution is -2.98. The van der Waals surface area contributed by atoms with Gasteiger partial charge >= 0.3 is 0 Å². The maximum absolute atomic E-state index is 2.32. The van der Waals surface area contributed by atoms with Gasteiger partial charge in [-0.3, -0.25) is 4.90 Å². The van der Waals surface area contributed by atoms with E-state index in [0.29, 0.717) is 0 Å². The minimum absolute atomic E-state index is 1.13. The molecule has 0 heterocycles. The number of anilines is 3. The van der Waals surface area contributed by atoms with Gasteiger partial charge in [0.05, 0.1) is 7.05 Å². The number of quaternary nitrogens is 1. The van der Waals surface area contributed by atoms with Crippen LogP contribution in [0.4, 0.5) is 28.4 Å². The van der Waals surface area contributed by atoms with Crippen LogP contribution in [0.5, 0.6) is 0 Å². The summed E-state index contributed by atoms with van der Waals surface area (Å²) < 4.78 is 0. The highest BCUT2D eigenvalue weighted by Crippen LogP contribution is 2.37. The highest BCUT2D eigenvalue weighted by atomic mass is 15.1. The number of para-hydroxylation sites is 1. The van der Waals surface area contributed by atoms with Crippen LogP contribution in [-0.4, -0.2) is 7.05 Å². The summed E-state index contributed by atoms with van der Waals surface area (Å²) in [7, 11) is 2.20. The topological polar surface area (TPSA) is 7.68 Å². The average Bonchev–Trinajstić information content (AvgIpc) is 3.09. The second-order valence-corrected chi connectivity index (χ2v) is 10.9. The minimum Gasteiger partial charge on any atom is -0.310 e. The minimum atomic E-state index is 1.13. The Kier molecular flexibility index (Phi) is 7.27. The Hall–Kier alpha value is -5.44. The third kappa shape index (κ3) is 5.57. The molecule has 0 aliphatic carbocycles. The lowest BCUT2D eigenvalue weighted by Gasteiger charge is -2.26. The summed E-state index contributed by atoms with van der Waals surface area (Å²) in [6, 6.07) is 63.0. The zero-order chi connectivity index (χ0) is 29.0. The molecular weight excluding hydrogens is 520 g/mol. The fourth-order valence-corrected chi connectivity index (χ4v) is 5.77. The molecule has 2 heteroatoms. The Morgan fingerprint density at radius 2 is 0.767 bits per heavy atom. The molecule has 0 bridgehead atoms. The van der Waals surface area contributed by atoms with E-state index in [2.05, 4.69) is 188 Å². The molecule has 7 rings (SSSR count). The molecule has 7 aromatic rings. The van der Waals surface area contributed by atoms with Crippen LogP contribution in [0, 0.1) is 0 Å². The van der Waals surface area contributed by atoms with E-state index in [1.165, 1.54) is 49.3 Å². The zero-order valence-corrected chi connectivity index (χ0v) is 24.2. The Balaban J connectivity index is 1.13. The van der Waals surface area contributed by atoms with Crippen molar-refractivity contribution in [2.24, 2.45) is 0 Å². The number of benzene rings is 7. The first-order chi connectivity index (χ1) is 21.2. The first-order valence-corrected chi connectivity index (χ1v) is 14.8. The first kappa shape index (κ1) is 26.5. The molecule has 0 aromatic heterocycles. The van der Waals surface area contributed by atoms with Crippen molar-refractivity contribution in [3.8, 4) is 22.3 Å². The number of rotatable bonds is 7. The summed E-state index contributed by atoms with van der Waals surface area (Å²) in [5.41, 5.74) is 10.8. The molecule has 0 amide bonds. The monoisotopic (exact) mass is 553 g/mol. The van der Waals surface area contributed by atoms with E-state index in [1.54, 1.807) is 0 Å². The van der Waals surface area contributed by atoms with Gasteiger partial charge in [-0.15, -0.1) is 0 Å². The fraction of sp³-hybridized carbons (Fsp3) is 0.0244. The van der Waals surface area contributed by atoms with Gasteiger partial charge in [-0.05, 0) is 93.7 Å². The van der Waals surface area contributed by atoms with E-state index in [9.17, 15) is 0 Å². The Morgan fingerprint density at radius 1 is 0.349 bits per heavy atom. The molecule has 206 valence electrons. The highest BCUT2D eigenvalue weighted by Gasteiger charge is 2.14. The van der Waals surface area contributed by atoms with Gasteiger partial charge in [0.1, 0.15) is 11.4 Å². The van der Waals surface area contributed by atoms with Crippen molar-refractivity contribution in [3.63, 3.8) is 0 Å². The van der Waals surface area contributed by atoms with Gasteiger partial charge in [-0.1, -0.05) is 91.0 Å². The molecule has 43 heavy (non-hydrogen) atoms. The number of hydrogen-bond acceptors (Lipinski definition) is 1. The Bertz CT molecular complexity index is 1940. The maximum atomic E-state index is 2.32. The summed E-state index contributed by atoms with van der Waals surface area (Å²) in [4.78, 5) is 3.59. The van der Waals surface area contributed by atoms with Gasteiger partial charge in [-0.25, -0.2) is 0 Å². The van der Waals surface area contributed by atoms with Gasteiger partial charge in [-0.2, -0.15) is 0 Å². The molecule has 1 N–H and O–H groups in total. The van der Waals surface area contributed by atoms with Crippen LogP contribution < -0.4 is 9.80 Å². The lowest BCUT2D eigenvalue weighted by atomic mass is 10.0. The number of nitrogens with one attached hydrogen (secondary N) is 1. The standard InChI is InChI=1S/C41H32N2/c1-42(37-23-16-33(17-24-37)31-10-4-2-5-11-31)38-25-18-34(19-26-38)35-20-27-40(28-21-35)43(39-14-6-3-7-15-39)41-29-22-32-12-8-9-13-36(32)30-41/h2-30H,1H3/p+1. The van der Waals surface area contributed by atoms with E-state index in [1.807, 2.05) is 0 Å². The largest absolute Gasteiger partial charge is 0.310 e. The first-order valence-electron chi connectivity index (χ1n) is 14.8. The number of hydrogen-bond donors (Lipinski definition) is 1. The summed E-state index contributed by atoms with van der Waals surface area (Å²) in [6.07, 6.45) is 0. The van der Waals surface area contributed by atoms with Crippen molar-refractivity contribution in [2.45, 2.75) is 0 Å². The van der Waals surface area contributed by atoms with Gasteiger partial charge in [0, 0.05) is 41.3 Å². The van der Waals surface area contributed by atoms with Crippen LogP contribution in [0.3, 0.4) is 0 Å². The fourth-order valence-electron chi connectivity index (χ4n) is 5.77. The smallest absolute Gasteiger partial charge is 0.136 e. The van der Waals surface area contributed by atoms with Crippen molar-refractivity contribution in [1.29, 1.82) is 0 Å². The third-order valence-corrected chi connectivity index (χ3v) is 8.21. The van der Waals surface area contributed by atoms with Crippen molar-refractivity contribution in [1.82, 2.24) is 0 Å². The van der Waals surface area contributed by atoms with Crippen molar-refractivity contribution in [3.05, 3.63) is 176 Å². The predicted molar refractivity (Wildman–Crippen MR) is 182 cm³/mol. The van der Waals surface area contributed by atoms with Gasteiger partial charge in [0.15, 0.2) is 0 Å². The van der Waals surface area contributed by atoms with Gasteiger partial charge in [0.25, 0.3) is 0 Å². The highest BCUT2D eigenvalue weighted by molar-refractivity contribution is 5.89. The van der Waals surface area contributed by atoms with Gasteiger partial charge < -0.3 is 4.90 Å². The molecule has 1 atom stereocenters. The Labute approximate surface area is 253 Å². The molecular formula is C41H33N2+. The summed E-state index contributed by atoms with van der Waals surface area (Å²) >= 11 is 0. The molecule has 0 aliphatic heterocycles. The van der Waals surface area contributed by atoms with Crippen molar-refractivity contribution < 1.29 is 4.90 Å². The molecule has 2 nitrogen and oxygen atoms in total. The molecule has 0 spiro atoms. The molecule has 1 unspecified atom stereocenters. The second kappa shape index (κ2) is 11.8. The molecule has 0 saturated heterocycles. The number of nitrogens with zero attached hydrogens (tertiary/aromatic N) is 1. The van der Waals surface area contributed by atoms with Crippen LogP contribution >= 0.6 is 0 Å². The quantitative estimate of drug-likeness (QED) is 0.206. The Morgan fingerprint density at radius 3 is 1.35 bits per heavy atom. The van der Waals surface area contributed by atoms with Crippen LogP contribution in [0.1, 0.15) is 0 Å². The van der Waals surface area contributed by atoms with Crippen LogP contribution in [0.15, 0.2) is 176 Å². The predicted octanol–water partition coefficient (Wildman–Crippen LogP) is 10.1. The third-order valence-electron chi connectivity index (χ3n) is 8.21. The van der Waals surface area contributed by atoms with Gasteiger partial charge in [0.2, 0.25) is 0 Å². The van der Waals surface area contributed by atoms with Crippen LogP contribution in [-0.2, 0) is 0 Å². The van der Waals surface area contributed by atoms with Crippen molar-refractivity contribution >= 4 is 39.2 Å². The second-order valence-electron chi connectivity index (χ2n) is 10.9. The lowest BCUT2D eigenvalue weighted by molar-refractivity contribution is -0.735. The summed E-state index contributed by atoms with van der Waals surface area (Å²) in [5, 5.41) is 2.48. The summed E-state index contributed by atoms with van der Waals surface area (Å²) in [6.45, 7) is 0. The van der Waals surface area contributed by atoms with E-state index in [0.717, 1.165) is 17.1 Å². The van der Waals surface area contributed by atoms with E-state index in [-0.39, 0.29) is 0 Å². The van der Waals surface area contributed by atoms with Crippen molar-refractivity contribution in [2.75, 3.05) is 11.9 Å². The maximum Gasteiger partial charge on any atom is 0.136 e. The molecule has 0 saturated carbocycles. The molecule has 0 fully saturated rings. The number of fused-ring (bicyclic) bond motifs is 1. The van der Waals surface area contributed by atoms with E-state index in [4.69, 9.17) is 0 Å². The molecule has 0 aliphatic rings. The molecule has 0 radical (unpaired) electrons. The average molecular weight is 554 g/mol. The summed E-state index contributed by atoms with van der Waals surface area (Å²) in [5.74, 6) is 0. The van der Waals surface area contributed by atoms with E-state index < -0.39 is 0 Å². The van der Waals surface area contributed by atoms with Crippen LogP contribution in [0.2, 0.25) is 0 Å². The SMILES string of the molecule is C[NH+](c1ccc(-c2ccccc2)cc1)c1ccc(-c2ccc(N(c3ccccc3)c3ccc4ccccc4c3)cc2)cc1. The van der Waals surface area contributed by atoms with E-state index >= 15 is 0 Å².